The smallest absolute Gasteiger partial charge is 0.406 e. The van der Waals surface area contributed by atoms with E-state index >= 15 is 0 Å². The highest BCUT2D eigenvalue weighted by molar-refractivity contribution is 5.84. The van der Waals surface area contributed by atoms with Crippen LogP contribution in [0.4, 0.5) is 13.2 Å². The molecule has 0 bridgehead atoms. The van der Waals surface area contributed by atoms with Crippen LogP contribution in [0.1, 0.15) is 31.2 Å². The number of nitrogens with zero attached hydrogens (tertiary/aromatic N) is 1. The van der Waals surface area contributed by atoms with E-state index in [1.165, 1.54) is 24.3 Å². The first-order chi connectivity index (χ1) is 11.3. The van der Waals surface area contributed by atoms with E-state index in [1.54, 1.807) is 4.90 Å². The minimum Gasteiger partial charge on any atom is -0.406 e. The molecule has 1 aliphatic rings. The van der Waals surface area contributed by atoms with Gasteiger partial charge in [0.2, 0.25) is 11.8 Å². The average Bonchev–Trinajstić information content (AvgIpc) is 2.70. The fourth-order valence-electron chi connectivity index (χ4n) is 2.44. The molecule has 1 fully saturated rings. The number of hydrogen-bond donors (Lipinski definition) is 1. The van der Waals surface area contributed by atoms with Crippen molar-refractivity contribution in [1.29, 1.82) is 0 Å². The highest BCUT2D eigenvalue weighted by atomic mass is 19.4. The maximum atomic E-state index is 12.1. The molecule has 2 rings (SSSR count). The second kappa shape index (κ2) is 8.03. The van der Waals surface area contributed by atoms with Crippen molar-refractivity contribution in [3.05, 3.63) is 29.8 Å². The van der Waals surface area contributed by atoms with Gasteiger partial charge < -0.3 is 15.0 Å². The Kier molecular flexibility index (Phi) is 6.05. The third kappa shape index (κ3) is 6.10. The molecule has 1 N–H and O–H groups in total. The minimum absolute atomic E-state index is 0.00804. The van der Waals surface area contributed by atoms with Crippen molar-refractivity contribution in [2.75, 3.05) is 13.1 Å². The molecule has 0 saturated carbocycles. The van der Waals surface area contributed by atoms with Gasteiger partial charge in [-0.15, -0.1) is 13.2 Å². The van der Waals surface area contributed by atoms with E-state index in [4.69, 9.17) is 0 Å². The molecule has 24 heavy (non-hydrogen) atoms. The molecule has 0 atom stereocenters. The number of carbonyl (C=O) groups is 2. The molecule has 132 valence electrons. The number of amides is 2. The van der Waals surface area contributed by atoms with E-state index in [2.05, 4.69) is 10.1 Å². The van der Waals surface area contributed by atoms with Crippen LogP contribution in [0.5, 0.6) is 5.75 Å². The van der Waals surface area contributed by atoms with Crippen LogP contribution in [0.25, 0.3) is 0 Å². The first-order valence-electron chi connectivity index (χ1n) is 7.73. The standard InChI is InChI=1S/C16H19F3N2O3/c17-16(18,19)24-13-7-5-12(6-8-13)10-20-14(22)11-21-9-3-1-2-4-15(21)23/h5-8H,1-4,9-11H2,(H,20,22). The summed E-state index contributed by atoms with van der Waals surface area (Å²) < 4.78 is 40.0. The van der Waals surface area contributed by atoms with E-state index in [0.717, 1.165) is 19.3 Å². The summed E-state index contributed by atoms with van der Waals surface area (Å²) in [6, 6.07) is 5.26. The zero-order valence-electron chi connectivity index (χ0n) is 13.1. The number of nitrogens with one attached hydrogen (secondary N) is 1. The lowest BCUT2D eigenvalue weighted by atomic mass is 10.2. The van der Waals surface area contributed by atoms with Crippen LogP contribution in [-0.2, 0) is 16.1 Å². The van der Waals surface area contributed by atoms with Crippen LogP contribution in [-0.4, -0.2) is 36.2 Å². The molecule has 2 amide bonds. The Hall–Kier alpha value is -2.25. The Morgan fingerprint density at radius 2 is 1.88 bits per heavy atom. The lowest BCUT2D eigenvalue weighted by molar-refractivity contribution is -0.274. The summed E-state index contributed by atoms with van der Waals surface area (Å²) in [6.45, 7) is 0.761. The van der Waals surface area contributed by atoms with Crippen molar-refractivity contribution < 1.29 is 27.5 Å². The number of likely N-dealkylation sites (tertiary alicyclic amines) is 1. The highest BCUT2D eigenvalue weighted by Crippen LogP contribution is 2.22. The molecule has 0 aliphatic carbocycles. The van der Waals surface area contributed by atoms with E-state index < -0.39 is 6.36 Å². The summed E-state index contributed by atoms with van der Waals surface area (Å²) in [5.74, 6) is -0.620. The first kappa shape index (κ1) is 18.1. The van der Waals surface area contributed by atoms with Crippen molar-refractivity contribution in [2.24, 2.45) is 0 Å². The molecule has 1 aromatic carbocycles. The largest absolute Gasteiger partial charge is 0.573 e. The zero-order valence-corrected chi connectivity index (χ0v) is 13.1. The highest BCUT2D eigenvalue weighted by Gasteiger charge is 2.30. The van der Waals surface area contributed by atoms with Crippen LogP contribution in [0.3, 0.4) is 0 Å². The second-order valence-electron chi connectivity index (χ2n) is 5.59. The third-order valence-corrected chi connectivity index (χ3v) is 3.65. The number of benzene rings is 1. The van der Waals surface area contributed by atoms with E-state index in [9.17, 15) is 22.8 Å². The van der Waals surface area contributed by atoms with E-state index in [0.29, 0.717) is 18.5 Å². The quantitative estimate of drug-likeness (QED) is 0.893. The maximum Gasteiger partial charge on any atom is 0.573 e. The molecule has 0 unspecified atom stereocenters. The van der Waals surface area contributed by atoms with Gasteiger partial charge in [-0.3, -0.25) is 9.59 Å². The van der Waals surface area contributed by atoms with Crippen molar-refractivity contribution in [3.8, 4) is 5.75 Å². The van der Waals surface area contributed by atoms with Crippen molar-refractivity contribution in [1.82, 2.24) is 10.2 Å². The Balaban J connectivity index is 1.80. The molecule has 1 saturated heterocycles. The second-order valence-corrected chi connectivity index (χ2v) is 5.59. The number of halogens is 3. The van der Waals surface area contributed by atoms with Crippen LogP contribution in [0.15, 0.2) is 24.3 Å². The topological polar surface area (TPSA) is 58.6 Å². The van der Waals surface area contributed by atoms with Crippen LogP contribution in [0, 0.1) is 0 Å². The molecular formula is C16H19F3N2O3. The lowest BCUT2D eigenvalue weighted by Gasteiger charge is -2.19. The number of rotatable bonds is 5. The van der Waals surface area contributed by atoms with Crippen molar-refractivity contribution in [2.45, 2.75) is 38.6 Å². The van der Waals surface area contributed by atoms with Gasteiger partial charge in [-0.05, 0) is 30.5 Å². The molecule has 1 heterocycles. The molecule has 1 aromatic rings. The predicted octanol–water partition coefficient (Wildman–Crippen LogP) is 2.60. The Morgan fingerprint density at radius 1 is 1.17 bits per heavy atom. The van der Waals surface area contributed by atoms with Gasteiger partial charge in [0.05, 0.1) is 6.54 Å². The molecule has 0 spiro atoms. The minimum atomic E-state index is -4.73. The number of alkyl halides is 3. The molecule has 1 aliphatic heterocycles. The molecule has 0 aromatic heterocycles. The van der Waals surface area contributed by atoms with Gasteiger partial charge in [0.1, 0.15) is 5.75 Å². The van der Waals surface area contributed by atoms with Gasteiger partial charge in [-0.1, -0.05) is 18.6 Å². The number of hydrogen-bond acceptors (Lipinski definition) is 3. The van der Waals surface area contributed by atoms with E-state index in [1.807, 2.05) is 0 Å². The summed E-state index contributed by atoms with van der Waals surface area (Å²) >= 11 is 0. The maximum absolute atomic E-state index is 12.1. The molecule has 8 heteroatoms. The van der Waals surface area contributed by atoms with Crippen LogP contribution in [0.2, 0.25) is 0 Å². The van der Waals surface area contributed by atoms with Crippen molar-refractivity contribution in [3.63, 3.8) is 0 Å². The predicted molar refractivity (Wildman–Crippen MR) is 80.0 cm³/mol. The summed E-state index contributed by atoms with van der Waals surface area (Å²) in [4.78, 5) is 25.3. The summed E-state index contributed by atoms with van der Waals surface area (Å²) in [6.07, 6.45) is -1.54. The van der Waals surface area contributed by atoms with Gasteiger partial charge in [-0.25, -0.2) is 0 Å². The van der Waals surface area contributed by atoms with Gasteiger partial charge in [-0.2, -0.15) is 0 Å². The lowest BCUT2D eigenvalue weighted by Crippen LogP contribution is -2.40. The molecular weight excluding hydrogens is 325 g/mol. The van der Waals surface area contributed by atoms with Crippen LogP contribution >= 0.6 is 0 Å². The number of ether oxygens (including phenoxy) is 1. The van der Waals surface area contributed by atoms with Crippen molar-refractivity contribution >= 4 is 11.8 Å². The fourth-order valence-corrected chi connectivity index (χ4v) is 2.44. The Morgan fingerprint density at radius 3 is 2.54 bits per heavy atom. The first-order valence-corrected chi connectivity index (χ1v) is 7.73. The Labute approximate surface area is 137 Å². The monoisotopic (exact) mass is 344 g/mol. The third-order valence-electron chi connectivity index (χ3n) is 3.65. The number of carbonyl (C=O) groups excluding carboxylic acids is 2. The summed E-state index contributed by atoms with van der Waals surface area (Å²) in [7, 11) is 0. The molecule has 0 radical (unpaired) electrons. The van der Waals surface area contributed by atoms with Gasteiger partial charge >= 0.3 is 6.36 Å². The summed E-state index contributed by atoms with van der Waals surface area (Å²) in [5, 5.41) is 2.66. The van der Waals surface area contributed by atoms with Gasteiger partial charge in [0, 0.05) is 19.5 Å². The van der Waals surface area contributed by atoms with Crippen LogP contribution < -0.4 is 10.1 Å². The average molecular weight is 344 g/mol. The van der Waals surface area contributed by atoms with Gasteiger partial charge in [0.15, 0.2) is 0 Å². The zero-order chi connectivity index (χ0) is 17.6. The normalized spacial score (nSPS) is 15.8. The fraction of sp³-hybridized carbons (Fsp3) is 0.500. The Bertz CT molecular complexity index is 573. The van der Waals surface area contributed by atoms with Gasteiger partial charge in [0.25, 0.3) is 0 Å². The van der Waals surface area contributed by atoms with E-state index in [-0.39, 0.29) is 30.7 Å². The molecule has 5 nitrogen and oxygen atoms in total. The summed E-state index contributed by atoms with van der Waals surface area (Å²) in [5.41, 5.74) is 0.639. The SMILES string of the molecule is O=C(CN1CCCCCC1=O)NCc1ccc(OC(F)(F)F)cc1.